The average molecular weight is 425 g/mol. The number of ether oxygens (including phenoxy) is 2. The largest absolute Gasteiger partial charge is 0.452 e. The fourth-order valence-corrected chi connectivity index (χ4v) is 3.34. The highest BCUT2D eigenvalue weighted by molar-refractivity contribution is 6.42. The number of allylic oxidation sites excluding steroid dienone is 1. The number of carbonyl (C=O) groups is 2. The van der Waals surface area contributed by atoms with E-state index in [0.29, 0.717) is 43.8 Å². The Morgan fingerprint density at radius 3 is 2.48 bits per heavy atom. The van der Waals surface area contributed by atoms with Crippen LogP contribution in [0.2, 0.25) is 10.0 Å². The van der Waals surface area contributed by atoms with Crippen molar-refractivity contribution in [2.45, 2.75) is 6.92 Å². The second-order valence-electron chi connectivity index (χ2n) is 6.48. The third kappa shape index (κ3) is 3.90. The molecule has 0 radical (unpaired) electrons. The van der Waals surface area contributed by atoms with Crippen LogP contribution in [0, 0.1) is 6.92 Å². The Labute approximate surface area is 177 Å². The minimum Gasteiger partial charge on any atom is -0.452 e. The molecule has 6 heteroatoms. The van der Waals surface area contributed by atoms with Crippen LogP contribution in [0.4, 0.5) is 0 Å². The molecule has 0 saturated heterocycles. The van der Waals surface area contributed by atoms with Gasteiger partial charge in [-0.2, -0.15) is 0 Å². The van der Waals surface area contributed by atoms with Crippen molar-refractivity contribution in [1.29, 1.82) is 0 Å². The van der Waals surface area contributed by atoms with Gasteiger partial charge >= 0.3 is 5.97 Å². The molecule has 144 valence electrons. The molecule has 0 N–H and O–H groups in total. The molecule has 0 saturated carbocycles. The molecular formula is C23H14Cl2O4. The summed E-state index contributed by atoms with van der Waals surface area (Å²) in [5.41, 5.74) is 2.21. The van der Waals surface area contributed by atoms with Gasteiger partial charge in [0.25, 0.3) is 0 Å². The molecule has 1 aliphatic rings. The fraction of sp³-hybridized carbons (Fsp3) is 0.0435. The number of hydrogen-bond acceptors (Lipinski definition) is 4. The Hall–Kier alpha value is -3.08. The lowest BCUT2D eigenvalue weighted by Gasteiger charge is -2.07. The lowest BCUT2D eigenvalue weighted by Crippen LogP contribution is -2.08. The molecule has 0 aromatic heterocycles. The van der Waals surface area contributed by atoms with Crippen molar-refractivity contribution in [2.75, 3.05) is 0 Å². The van der Waals surface area contributed by atoms with Gasteiger partial charge in [-0.3, -0.25) is 4.79 Å². The molecule has 0 amide bonds. The summed E-state index contributed by atoms with van der Waals surface area (Å²) in [6.07, 6.45) is 1.60. The highest BCUT2D eigenvalue weighted by Gasteiger charge is 2.30. The van der Waals surface area contributed by atoms with Gasteiger partial charge < -0.3 is 9.47 Å². The van der Waals surface area contributed by atoms with Crippen LogP contribution in [0.25, 0.3) is 6.08 Å². The molecule has 29 heavy (non-hydrogen) atoms. The van der Waals surface area contributed by atoms with Crippen LogP contribution < -0.4 is 9.47 Å². The quantitative estimate of drug-likeness (QED) is 0.288. The lowest BCUT2D eigenvalue weighted by molar-refractivity contribution is 0.0734. The van der Waals surface area contributed by atoms with Crippen molar-refractivity contribution in [3.63, 3.8) is 0 Å². The minimum atomic E-state index is -0.485. The molecule has 0 atom stereocenters. The molecular weight excluding hydrogens is 411 g/mol. The molecule has 1 aliphatic heterocycles. The summed E-state index contributed by atoms with van der Waals surface area (Å²) < 4.78 is 11.2. The Balaban J connectivity index is 1.62. The number of aryl methyl sites for hydroxylation is 1. The van der Waals surface area contributed by atoms with E-state index in [2.05, 4.69) is 0 Å². The van der Waals surface area contributed by atoms with Gasteiger partial charge in [0, 0.05) is 6.07 Å². The van der Waals surface area contributed by atoms with Gasteiger partial charge in [-0.05, 0) is 54.5 Å². The van der Waals surface area contributed by atoms with Crippen molar-refractivity contribution < 1.29 is 19.1 Å². The fourth-order valence-electron chi connectivity index (χ4n) is 3.03. The number of esters is 1. The van der Waals surface area contributed by atoms with E-state index in [0.717, 1.165) is 0 Å². The molecule has 0 bridgehead atoms. The van der Waals surface area contributed by atoms with E-state index in [9.17, 15) is 9.59 Å². The van der Waals surface area contributed by atoms with E-state index < -0.39 is 5.97 Å². The highest BCUT2D eigenvalue weighted by atomic mass is 35.5. The van der Waals surface area contributed by atoms with Gasteiger partial charge in [0.1, 0.15) is 11.5 Å². The number of fused-ring (bicyclic) bond motifs is 1. The number of Topliss-reactive ketones (excluding diaryl/α,β-unsaturated/α-hetero) is 1. The van der Waals surface area contributed by atoms with Crippen LogP contribution in [-0.2, 0) is 0 Å². The summed E-state index contributed by atoms with van der Waals surface area (Å²) in [5, 5.41) is 0.812. The minimum absolute atomic E-state index is 0.160. The van der Waals surface area contributed by atoms with Crippen LogP contribution >= 0.6 is 23.2 Å². The average Bonchev–Trinajstić information content (AvgIpc) is 3.01. The molecule has 3 aromatic rings. The van der Waals surface area contributed by atoms with Crippen LogP contribution in [0.1, 0.15) is 31.8 Å². The van der Waals surface area contributed by atoms with E-state index in [1.807, 2.05) is 6.07 Å². The Kier molecular flexibility index (Phi) is 5.14. The maximum atomic E-state index is 12.8. The first-order valence-corrected chi connectivity index (χ1v) is 9.49. The number of hydrogen-bond donors (Lipinski definition) is 0. The number of rotatable bonds is 3. The zero-order valence-corrected chi connectivity index (χ0v) is 16.8. The number of ketones is 1. The zero-order chi connectivity index (χ0) is 20.5. The molecule has 0 unspecified atom stereocenters. The number of carbonyl (C=O) groups excluding carboxylic acids is 2. The SMILES string of the molecule is Cc1cc(OC(=O)c2ccccc2)cc2c1C(=O)/C(=C/c1ccc(Cl)c(Cl)c1)O2. The van der Waals surface area contributed by atoms with E-state index in [1.165, 1.54) is 6.07 Å². The second kappa shape index (κ2) is 7.74. The molecule has 0 aliphatic carbocycles. The van der Waals surface area contributed by atoms with Crippen molar-refractivity contribution >= 4 is 41.0 Å². The Morgan fingerprint density at radius 2 is 1.76 bits per heavy atom. The first kappa shape index (κ1) is 19.2. The van der Waals surface area contributed by atoms with Gasteiger partial charge in [0.15, 0.2) is 5.76 Å². The van der Waals surface area contributed by atoms with E-state index >= 15 is 0 Å². The summed E-state index contributed by atoms with van der Waals surface area (Å²) in [7, 11) is 0. The maximum absolute atomic E-state index is 12.8. The highest BCUT2D eigenvalue weighted by Crippen LogP contribution is 2.38. The molecule has 0 fully saturated rings. The molecule has 1 heterocycles. The molecule has 0 spiro atoms. The monoisotopic (exact) mass is 424 g/mol. The Morgan fingerprint density at radius 1 is 1.00 bits per heavy atom. The zero-order valence-electron chi connectivity index (χ0n) is 15.2. The van der Waals surface area contributed by atoms with Crippen molar-refractivity contribution in [3.8, 4) is 11.5 Å². The van der Waals surface area contributed by atoms with Gasteiger partial charge in [0.05, 0.1) is 21.2 Å². The van der Waals surface area contributed by atoms with Crippen LogP contribution in [-0.4, -0.2) is 11.8 Å². The summed E-state index contributed by atoms with van der Waals surface area (Å²) >= 11 is 12.0. The molecule has 3 aromatic carbocycles. The normalized spacial score (nSPS) is 13.9. The van der Waals surface area contributed by atoms with Gasteiger partial charge in [-0.1, -0.05) is 47.5 Å². The lowest BCUT2D eigenvalue weighted by atomic mass is 10.0. The summed E-state index contributed by atoms with van der Waals surface area (Å²) in [6.45, 7) is 1.77. The first-order valence-electron chi connectivity index (χ1n) is 8.73. The van der Waals surface area contributed by atoms with E-state index in [1.54, 1.807) is 61.5 Å². The van der Waals surface area contributed by atoms with E-state index in [-0.39, 0.29) is 11.5 Å². The summed E-state index contributed by atoms with van der Waals surface area (Å²) in [6, 6.07) is 16.9. The van der Waals surface area contributed by atoms with Crippen LogP contribution in [0.15, 0.2) is 66.4 Å². The smallest absolute Gasteiger partial charge is 0.343 e. The van der Waals surface area contributed by atoms with Crippen LogP contribution in [0.5, 0.6) is 11.5 Å². The maximum Gasteiger partial charge on any atom is 0.343 e. The first-order chi connectivity index (χ1) is 13.9. The predicted molar refractivity (Wildman–Crippen MR) is 112 cm³/mol. The van der Waals surface area contributed by atoms with Gasteiger partial charge in [-0.15, -0.1) is 0 Å². The van der Waals surface area contributed by atoms with E-state index in [4.69, 9.17) is 32.7 Å². The van der Waals surface area contributed by atoms with Gasteiger partial charge in [0.2, 0.25) is 5.78 Å². The van der Waals surface area contributed by atoms with Crippen molar-refractivity contribution in [3.05, 3.63) is 98.7 Å². The third-order valence-electron chi connectivity index (χ3n) is 4.41. The predicted octanol–water partition coefficient (Wildman–Crippen LogP) is 6.14. The molecule has 4 rings (SSSR count). The van der Waals surface area contributed by atoms with Crippen molar-refractivity contribution in [2.24, 2.45) is 0 Å². The van der Waals surface area contributed by atoms with Crippen molar-refractivity contribution in [1.82, 2.24) is 0 Å². The third-order valence-corrected chi connectivity index (χ3v) is 5.14. The van der Waals surface area contributed by atoms with Gasteiger partial charge in [-0.25, -0.2) is 4.79 Å². The Bertz CT molecular complexity index is 1170. The number of benzene rings is 3. The molecule has 4 nitrogen and oxygen atoms in total. The summed E-state index contributed by atoms with van der Waals surface area (Å²) in [4.78, 5) is 25.1. The topological polar surface area (TPSA) is 52.6 Å². The van der Waals surface area contributed by atoms with Crippen LogP contribution in [0.3, 0.4) is 0 Å². The second-order valence-corrected chi connectivity index (χ2v) is 7.30. The standard InChI is InChI=1S/C23H14Cl2O4/c1-13-9-16(28-23(27)15-5-3-2-4-6-15)12-19-21(13)22(26)20(29-19)11-14-7-8-17(24)18(25)10-14/h2-12H,1H3/b20-11-. The summed E-state index contributed by atoms with van der Waals surface area (Å²) in [5.74, 6) is 0.0780. The number of halogens is 2.